The zero-order valence-corrected chi connectivity index (χ0v) is 15.1. The van der Waals surface area contributed by atoms with E-state index in [-0.39, 0.29) is 6.04 Å². The SMILES string of the molecule is COc1cccc(OC)c1C(c1cccnc1)N1CCCCC1C(=O)O. The lowest BCUT2D eigenvalue weighted by molar-refractivity contribution is -0.145. The molecule has 2 aromatic rings. The van der Waals surface area contributed by atoms with Gasteiger partial charge in [0.05, 0.1) is 25.8 Å². The zero-order valence-electron chi connectivity index (χ0n) is 15.1. The number of carboxylic acid groups (broad SMARTS) is 1. The van der Waals surface area contributed by atoms with E-state index in [2.05, 4.69) is 4.98 Å². The van der Waals surface area contributed by atoms with E-state index in [9.17, 15) is 9.90 Å². The summed E-state index contributed by atoms with van der Waals surface area (Å²) in [7, 11) is 3.23. The molecule has 0 spiro atoms. The minimum atomic E-state index is -0.799. The monoisotopic (exact) mass is 356 g/mol. The molecule has 1 aromatic heterocycles. The maximum atomic E-state index is 11.9. The van der Waals surface area contributed by atoms with E-state index in [4.69, 9.17) is 9.47 Å². The average Bonchev–Trinajstić information content (AvgIpc) is 2.69. The number of likely N-dealkylation sites (tertiary alicyclic amines) is 1. The largest absolute Gasteiger partial charge is 0.496 e. The molecule has 0 radical (unpaired) electrons. The Morgan fingerprint density at radius 1 is 1.19 bits per heavy atom. The summed E-state index contributed by atoms with van der Waals surface area (Å²) in [5, 5.41) is 9.78. The smallest absolute Gasteiger partial charge is 0.320 e. The van der Waals surface area contributed by atoms with Crippen LogP contribution < -0.4 is 9.47 Å². The highest BCUT2D eigenvalue weighted by Gasteiger charge is 2.37. The van der Waals surface area contributed by atoms with E-state index in [0.717, 1.165) is 24.0 Å². The number of aromatic nitrogens is 1. The molecule has 2 unspecified atom stereocenters. The molecule has 1 N–H and O–H groups in total. The number of hydrogen-bond donors (Lipinski definition) is 1. The highest BCUT2D eigenvalue weighted by atomic mass is 16.5. The van der Waals surface area contributed by atoms with Crippen molar-refractivity contribution in [3.8, 4) is 11.5 Å². The van der Waals surface area contributed by atoms with Crippen LogP contribution in [0.4, 0.5) is 0 Å². The zero-order chi connectivity index (χ0) is 18.5. The molecule has 2 heterocycles. The first kappa shape index (κ1) is 18.2. The van der Waals surface area contributed by atoms with Gasteiger partial charge in [0.25, 0.3) is 0 Å². The normalized spacial score (nSPS) is 18.9. The molecule has 6 heteroatoms. The number of hydrogen-bond acceptors (Lipinski definition) is 5. The van der Waals surface area contributed by atoms with Gasteiger partial charge in [0.2, 0.25) is 0 Å². The summed E-state index contributed by atoms with van der Waals surface area (Å²) < 4.78 is 11.2. The number of rotatable bonds is 6. The summed E-state index contributed by atoms with van der Waals surface area (Å²) in [6.45, 7) is 0.692. The first-order chi connectivity index (χ1) is 12.7. The number of aliphatic carboxylic acids is 1. The van der Waals surface area contributed by atoms with Crippen LogP contribution in [-0.2, 0) is 4.79 Å². The molecule has 2 atom stereocenters. The van der Waals surface area contributed by atoms with Gasteiger partial charge in [0.1, 0.15) is 17.5 Å². The van der Waals surface area contributed by atoms with Gasteiger partial charge in [-0.25, -0.2) is 0 Å². The second-order valence-electron chi connectivity index (χ2n) is 6.35. The minimum Gasteiger partial charge on any atom is -0.496 e. The lowest BCUT2D eigenvalue weighted by atomic mass is 9.91. The summed E-state index contributed by atoms with van der Waals surface area (Å²) >= 11 is 0. The van der Waals surface area contributed by atoms with E-state index in [0.29, 0.717) is 24.5 Å². The number of ether oxygens (including phenoxy) is 2. The molecule has 1 aliphatic rings. The van der Waals surface area contributed by atoms with E-state index in [1.54, 1.807) is 26.6 Å². The quantitative estimate of drug-likeness (QED) is 0.857. The Bertz CT molecular complexity index is 728. The van der Waals surface area contributed by atoms with Crippen LogP contribution in [0.5, 0.6) is 11.5 Å². The number of carbonyl (C=O) groups is 1. The number of carboxylic acids is 1. The molecule has 1 fully saturated rings. The molecule has 0 bridgehead atoms. The van der Waals surface area contributed by atoms with Crippen LogP contribution in [0.3, 0.4) is 0 Å². The van der Waals surface area contributed by atoms with Gasteiger partial charge in [-0.3, -0.25) is 14.7 Å². The van der Waals surface area contributed by atoms with E-state index < -0.39 is 12.0 Å². The van der Waals surface area contributed by atoms with Crippen molar-refractivity contribution in [1.82, 2.24) is 9.88 Å². The van der Waals surface area contributed by atoms with Crippen molar-refractivity contribution in [3.63, 3.8) is 0 Å². The number of pyridine rings is 1. The van der Waals surface area contributed by atoms with Crippen molar-refractivity contribution < 1.29 is 19.4 Å². The fourth-order valence-electron chi connectivity index (χ4n) is 3.74. The standard InChI is InChI=1S/C20H24N2O4/c1-25-16-9-5-10-17(26-2)18(16)19(14-7-6-11-21-13-14)22-12-4-3-8-15(22)20(23)24/h5-7,9-11,13,15,19H,3-4,8,12H2,1-2H3,(H,23,24). The first-order valence-corrected chi connectivity index (χ1v) is 8.76. The van der Waals surface area contributed by atoms with E-state index in [1.807, 2.05) is 35.2 Å². The molecule has 3 rings (SSSR count). The minimum absolute atomic E-state index is 0.309. The number of methoxy groups -OCH3 is 2. The molecule has 0 aliphatic carbocycles. The van der Waals surface area contributed by atoms with Gasteiger partial charge in [0.15, 0.2) is 0 Å². The molecule has 1 aromatic carbocycles. The molecule has 0 saturated carbocycles. The Labute approximate surface area is 153 Å². The average molecular weight is 356 g/mol. The van der Waals surface area contributed by atoms with Gasteiger partial charge in [0, 0.05) is 12.4 Å². The van der Waals surface area contributed by atoms with E-state index >= 15 is 0 Å². The molecule has 6 nitrogen and oxygen atoms in total. The maximum absolute atomic E-state index is 11.9. The number of nitrogens with zero attached hydrogens (tertiary/aromatic N) is 2. The Kier molecular flexibility index (Phi) is 5.73. The van der Waals surface area contributed by atoms with Gasteiger partial charge >= 0.3 is 5.97 Å². The lowest BCUT2D eigenvalue weighted by Gasteiger charge is -2.40. The Hall–Kier alpha value is -2.60. The summed E-state index contributed by atoms with van der Waals surface area (Å²) in [6, 6.07) is 8.59. The highest BCUT2D eigenvalue weighted by molar-refractivity contribution is 5.74. The van der Waals surface area contributed by atoms with Crippen LogP contribution in [0.1, 0.15) is 36.4 Å². The number of piperidine rings is 1. The summed E-state index contributed by atoms with van der Waals surface area (Å²) in [5.41, 5.74) is 1.75. The van der Waals surface area contributed by atoms with Crippen molar-refractivity contribution in [2.24, 2.45) is 0 Å². The van der Waals surface area contributed by atoms with Crippen molar-refractivity contribution in [2.75, 3.05) is 20.8 Å². The van der Waals surface area contributed by atoms with Crippen LogP contribution in [0, 0.1) is 0 Å². The Morgan fingerprint density at radius 2 is 1.92 bits per heavy atom. The van der Waals surface area contributed by atoms with Crippen LogP contribution >= 0.6 is 0 Å². The third-order valence-corrected chi connectivity index (χ3v) is 4.90. The third kappa shape index (κ3) is 3.51. The molecular weight excluding hydrogens is 332 g/mol. The fourth-order valence-corrected chi connectivity index (χ4v) is 3.74. The van der Waals surface area contributed by atoms with E-state index in [1.165, 1.54) is 0 Å². The molecule has 0 amide bonds. The van der Waals surface area contributed by atoms with Gasteiger partial charge in [-0.1, -0.05) is 18.6 Å². The highest BCUT2D eigenvalue weighted by Crippen LogP contribution is 2.42. The molecule has 1 aliphatic heterocycles. The van der Waals surface area contributed by atoms with Crippen LogP contribution in [0.25, 0.3) is 0 Å². The van der Waals surface area contributed by atoms with Crippen LogP contribution in [-0.4, -0.2) is 47.8 Å². The van der Waals surface area contributed by atoms with Crippen molar-refractivity contribution >= 4 is 5.97 Å². The van der Waals surface area contributed by atoms with Crippen LogP contribution in [0.2, 0.25) is 0 Å². The van der Waals surface area contributed by atoms with Gasteiger partial charge < -0.3 is 14.6 Å². The Balaban J connectivity index is 2.18. The molecule has 26 heavy (non-hydrogen) atoms. The Morgan fingerprint density at radius 3 is 2.50 bits per heavy atom. The lowest BCUT2D eigenvalue weighted by Crippen LogP contribution is -2.47. The second-order valence-corrected chi connectivity index (χ2v) is 6.35. The second kappa shape index (κ2) is 8.19. The van der Waals surface area contributed by atoms with Gasteiger partial charge in [-0.2, -0.15) is 0 Å². The predicted molar refractivity (Wildman–Crippen MR) is 97.6 cm³/mol. The van der Waals surface area contributed by atoms with Gasteiger partial charge in [-0.15, -0.1) is 0 Å². The molecule has 138 valence electrons. The predicted octanol–water partition coefficient (Wildman–Crippen LogP) is 3.13. The van der Waals surface area contributed by atoms with Crippen molar-refractivity contribution in [1.29, 1.82) is 0 Å². The van der Waals surface area contributed by atoms with Crippen molar-refractivity contribution in [3.05, 3.63) is 53.9 Å². The fraction of sp³-hybridized carbons (Fsp3) is 0.400. The third-order valence-electron chi connectivity index (χ3n) is 4.90. The molecule has 1 saturated heterocycles. The maximum Gasteiger partial charge on any atom is 0.320 e. The number of benzene rings is 1. The van der Waals surface area contributed by atoms with Crippen LogP contribution in [0.15, 0.2) is 42.7 Å². The molecular formula is C20H24N2O4. The van der Waals surface area contributed by atoms with Crippen molar-refractivity contribution in [2.45, 2.75) is 31.3 Å². The summed E-state index contributed by atoms with van der Waals surface area (Å²) in [6.07, 6.45) is 5.99. The summed E-state index contributed by atoms with van der Waals surface area (Å²) in [4.78, 5) is 18.2. The first-order valence-electron chi connectivity index (χ1n) is 8.76. The van der Waals surface area contributed by atoms with Gasteiger partial charge in [-0.05, 0) is 43.1 Å². The summed E-state index contributed by atoms with van der Waals surface area (Å²) in [5.74, 6) is 0.549. The topological polar surface area (TPSA) is 71.9 Å².